The Morgan fingerprint density at radius 2 is 2.18 bits per heavy atom. The summed E-state index contributed by atoms with van der Waals surface area (Å²) in [5, 5.41) is 4.51. The van der Waals surface area contributed by atoms with E-state index in [9.17, 15) is 0 Å². The van der Waals surface area contributed by atoms with Crippen LogP contribution < -0.4 is 5.73 Å². The number of pyridine rings is 1. The highest BCUT2D eigenvalue weighted by molar-refractivity contribution is 9.10. The van der Waals surface area contributed by atoms with Crippen LogP contribution in [-0.2, 0) is 0 Å². The molecule has 5 heteroatoms. The lowest BCUT2D eigenvalue weighted by Gasteiger charge is -2.16. The predicted octanol–water partition coefficient (Wildman–Crippen LogP) is 2.21. The molecule has 0 aliphatic carbocycles. The van der Waals surface area contributed by atoms with E-state index in [1.807, 2.05) is 36.7 Å². The van der Waals surface area contributed by atoms with Crippen LogP contribution in [0, 0.1) is 13.8 Å². The molecule has 2 aromatic heterocycles. The number of halogens is 1. The second-order valence-electron chi connectivity index (χ2n) is 3.94. The molecule has 0 fully saturated rings. The Balaban J connectivity index is 2.46. The molecule has 0 bridgehead atoms. The van der Waals surface area contributed by atoms with Crippen molar-refractivity contribution in [2.45, 2.75) is 19.9 Å². The van der Waals surface area contributed by atoms with Gasteiger partial charge in [-0.2, -0.15) is 5.10 Å². The Morgan fingerprint density at radius 3 is 2.65 bits per heavy atom. The third kappa shape index (κ3) is 2.25. The number of hydrogen-bond acceptors (Lipinski definition) is 3. The zero-order valence-electron chi connectivity index (χ0n) is 9.89. The van der Waals surface area contributed by atoms with Gasteiger partial charge in [-0.3, -0.25) is 9.67 Å². The van der Waals surface area contributed by atoms with E-state index in [0.717, 1.165) is 21.6 Å². The largest absolute Gasteiger partial charge is 0.328 e. The number of rotatable bonds is 3. The summed E-state index contributed by atoms with van der Waals surface area (Å²) in [4.78, 5) is 4.35. The standard InChI is InChI=1S/C12H15BrN4/c1-8-12(13)9(2)17(16-8)11(7-14)10-5-3-4-6-15-10/h3-6,11H,7,14H2,1-2H3. The first-order valence-electron chi connectivity index (χ1n) is 5.47. The van der Waals surface area contributed by atoms with Crippen LogP contribution in [0.25, 0.3) is 0 Å². The minimum atomic E-state index is -0.0128. The lowest BCUT2D eigenvalue weighted by molar-refractivity contribution is 0.505. The molecule has 0 aliphatic heterocycles. The van der Waals surface area contributed by atoms with Crippen molar-refractivity contribution in [1.29, 1.82) is 0 Å². The van der Waals surface area contributed by atoms with Crippen molar-refractivity contribution in [2.75, 3.05) is 6.54 Å². The Bertz CT molecular complexity index is 507. The Morgan fingerprint density at radius 1 is 1.41 bits per heavy atom. The summed E-state index contributed by atoms with van der Waals surface area (Å²) in [6, 6.07) is 5.82. The number of aromatic nitrogens is 3. The molecule has 17 heavy (non-hydrogen) atoms. The van der Waals surface area contributed by atoms with Crippen LogP contribution in [0.15, 0.2) is 28.9 Å². The third-order valence-corrected chi connectivity index (χ3v) is 3.93. The average molecular weight is 295 g/mol. The van der Waals surface area contributed by atoms with E-state index < -0.39 is 0 Å². The lowest BCUT2D eigenvalue weighted by Crippen LogP contribution is -2.23. The SMILES string of the molecule is Cc1nn(C(CN)c2ccccn2)c(C)c1Br. The summed E-state index contributed by atoms with van der Waals surface area (Å²) >= 11 is 3.53. The summed E-state index contributed by atoms with van der Waals surface area (Å²) in [5.41, 5.74) is 8.83. The molecule has 0 spiro atoms. The first-order valence-corrected chi connectivity index (χ1v) is 6.26. The van der Waals surface area contributed by atoms with Crippen molar-refractivity contribution in [3.63, 3.8) is 0 Å². The monoisotopic (exact) mass is 294 g/mol. The van der Waals surface area contributed by atoms with E-state index in [1.165, 1.54) is 0 Å². The molecule has 0 radical (unpaired) electrons. The van der Waals surface area contributed by atoms with E-state index in [0.29, 0.717) is 6.54 Å². The molecule has 0 aromatic carbocycles. The fourth-order valence-corrected chi connectivity index (χ4v) is 2.13. The highest BCUT2D eigenvalue weighted by Crippen LogP contribution is 2.24. The number of nitrogens with two attached hydrogens (primary N) is 1. The van der Waals surface area contributed by atoms with Crippen LogP contribution in [0.2, 0.25) is 0 Å². The van der Waals surface area contributed by atoms with Gasteiger partial charge in [0.1, 0.15) is 6.04 Å². The number of hydrogen-bond donors (Lipinski definition) is 1. The smallest absolute Gasteiger partial charge is 0.106 e. The molecule has 2 N–H and O–H groups in total. The van der Waals surface area contributed by atoms with Gasteiger partial charge < -0.3 is 5.73 Å². The Kier molecular flexibility index (Phi) is 3.59. The van der Waals surface area contributed by atoms with Crippen LogP contribution in [0.1, 0.15) is 23.1 Å². The van der Waals surface area contributed by atoms with Crippen LogP contribution in [0.4, 0.5) is 0 Å². The van der Waals surface area contributed by atoms with Crippen LogP contribution in [0.3, 0.4) is 0 Å². The molecular formula is C12H15BrN4. The maximum atomic E-state index is 5.85. The van der Waals surface area contributed by atoms with Gasteiger partial charge in [0.05, 0.1) is 21.6 Å². The first kappa shape index (κ1) is 12.3. The molecule has 2 rings (SSSR count). The van der Waals surface area contributed by atoms with Gasteiger partial charge in [-0.15, -0.1) is 0 Å². The van der Waals surface area contributed by atoms with Crippen molar-refractivity contribution in [3.05, 3.63) is 46.0 Å². The minimum Gasteiger partial charge on any atom is -0.328 e. The van der Waals surface area contributed by atoms with Gasteiger partial charge in [0.15, 0.2) is 0 Å². The van der Waals surface area contributed by atoms with E-state index >= 15 is 0 Å². The summed E-state index contributed by atoms with van der Waals surface area (Å²) in [6.07, 6.45) is 1.78. The van der Waals surface area contributed by atoms with Gasteiger partial charge in [-0.1, -0.05) is 6.07 Å². The molecule has 1 unspecified atom stereocenters. The lowest BCUT2D eigenvalue weighted by atomic mass is 10.2. The summed E-state index contributed by atoms with van der Waals surface area (Å²) in [5.74, 6) is 0. The molecule has 0 saturated carbocycles. The molecule has 0 saturated heterocycles. The predicted molar refractivity (Wildman–Crippen MR) is 70.8 cm³/mol. The zero-order chi connectivity index (χ0) is 12.4. The number of nitrogens with zero attached hydrogens (tertiary/aromatic N) is 3. The highest BCUT2D eigenvalue weighted by atomic mass is 79.9. The second kappa shape index (κ2) is 4.98. The van der Waals surface area contributed by atoms with Crippen LogP contribution >= 0.6 is 15.9 Å². The van der Waals surface area contributed by atoms with E-state index in [-0.39, 0.29) is 6.04 Å². The normalized spacial score (nSPS) is 12.7. The molecule has 0 aliphatic rings. The fraction of sp³-hybridized carbons (Fsp3) is 0.333. The highest BCUT2D eigenvalue weighted by Gasteiger charge is 2.18. The van der Waals surface area contributed by atoms with Crippen molar-refractivity contribution in [2.24, 2.45) is 5.73 Å². The zero-order valence-corrected chi connectivity index (χ0v) is 11.5. The maximum Gasteiger partial charge on any atom is 0.106 e. The maximum absolute atomic E-state index is 5.85. The second-order valence-corrected chi connectivity index (χ2v) is 4.73. The molecule has 4 nitrogen and oxygen atoms in total. The van der Waals surface area contributed by atoms with E-state index in [2.05, 4.69) is 26.0 Å². The Labute approximate surface area is 109 Å². The van der Waals surface area contributed by atoms with Crippen molar-refractivity contribution < 1.29 is 0 Å². The molecule has 2 heterocycles. The molecule has 2 aromatic rings. The summed E-state index contributed by atoms with van der Waals surface area (Å²) in [6.45, 7) is 4.47. The Hall–Kier alpha value is -1.20. The van der Waals surface area contributed by atoms with Crippen LogP contribution in [0.5, 0.6) is 0 Å². The van der Waals surface area contributed by atoms with Gasteiger partial charge in [0.2, 0.25) is 0 Å². The molecular weight excluding hydrogens is 280 g/mol. The van der Waals surface area contributed by atoms with Crippen molar-refractivity contribution in [3.8, 4) is 0 Å². The van der Waals surface area contributed by atoms with Gasteiger partial charge in [0.25, 0.3) is 0 Å². The van der Waals surface area contributed by atoms with Gasteiger partial charge in [0, 0.05) is 12.7 Å². The van der Waals surface area contributed by atoms with E-state index in [4.69, 9.17) is 5.73 Å². The molecule has 90 valence electrons. The summed E-state index contributed by atoms with van der Waals surface area (Å²) < 4.78 is 2.97. The fourth-order valence-electron chi connectivity index (χ4n) is 1.87. The quantitative estimate of drug-likeness (QED) is 0.944. The average Bonchev–Trinajstić information content (AvgIpc) is 2.60. The van der Waals surface area contributed by atoms with Crippen LogP contribution in [-0.4, -0.2) is 21.3 Å². The van der Waals surface area contributed by atoms with Crippen molar-refractivity contribution >= 4 is 15.9 Å². The van der Waals surface area contributed by atoms with E-state index in [1.54, 1.807) is 6.20 Å². The third-order valence-electron chi connectivity index (χ3n) is 2.78. The minimum absolute atomic E-state index is 0.0128. The van der Waals surface area contributed by atoms with Crippen molar-refractivity contribution in [1.82, 2.24) is 14.8 Å². The molecule has 1 atom stereocenters. The first-order chi connectivity index (χ1) is 8.15. The number of aryl methyl sites for hydroxylation is 1. The summed E-state index contributed by atoms with van der Waals surface area (Å²) in [7, 11) is 0. The topological polar surface area (TPSA) is 56.7 Å². The molecule has 0 amide bonds. The van der Waals surface area contributed by atoms with Gasteiger partial charge in [-0.05, 0) is 41.9 Å². The van der Waals surface area contributed by atoms with Gasteiger partial charge in [-0.25, -0.2) is 0 Å². The van der Waals surface area contributed by atoms with Gasteiger partial charge >= 0.3 is 0 Å².